The van der Waals surface area contributed by atoms with E-state index in [1.165, 1.54) is 37.7 Å². The lowest BCUT2D eigenvalue weighted by Crippen LogP contribution is -2.23. The zero-order chi connectivity index (χ0) is 16.1. The average molecular weight is 330 g/mol. The van der Waals surface area contributed by atoms with Crippen molar-refractivity contribution in [1.29, 1.82) is 0 Å². The molecule has 0 aliphatic carbocycles. The number of hydrogen-bond acceptors (Lipinski definition) is 3. The molecule has 0 atom stereocenters. The molecular formula is C18H20ClN3O. The number of rotatable bonds is 5. The highest BCUT2D eigenvalue weighted by Gasteiger charge is 2.11. The summed E-state index contributed by atoms with van der Waals surface area (Å²) in [5.74, 6) is -0.143. The summed E-state index contributed by atoms with van der Waals surface area (Å²) in [6, 6.07) is 11.7. The predicted octanol–water partition coefficient (Wildman–Crippen LogP) is 3.26. The van der Waals surface area contributed by atoms with Crippen molar-refractivity contribution in [1.82, 2.24) is 15.2 Å². The van der Waals surface area contributed by atoms with E-state index in [4.69, 9.17) is 11.6 Å². The molecule has 1 aromatic heterocycles. The first-order valence-electron chi connectivity index (χ1n) is 7.90. The Bertz CT molecular complexity index is 649. The Kier molecular flexibility index (Phi) is 5.26. The molecule has 2 aromatic rings. The quantitative estimate of drug-likeness (QED) is 0.856. The summed E-state index contributed by atoms with van der Waals surface area (Å²) in [7, 11) is 0. The van der Waals surface area contributed by atoms with Crippen molar-refractivity contribution >= 4 is 17.5 Å². The molecule has 1 aliphatic rings. The normalized spacial score (nSPS) is 14.8. The van der Waals surface area contributed by atoms with Crippen molar-refractivity contribution < 1.29 is 4.79 Å². The van der Waals surface area contributed by atoms with Gasteiger partial charge in [-0.1, -0.05) is 35.9 Å². The monoisotopic (exact) mass is 329 g/mol. The van der Waals surface area contributed by atoms with Gasteiger partial charge in [0, 0.05) is 19.3 Å². The molecule has 4 nitrogen and oxygen atoms in total. The van der Waals surface area contributed by atoms with E-state index >= 15 is 0 Å². The van der Waals surface area contributed by atoms with Crippen LogP contribution in [0.1, 0.15) is 34.3 Å². The second-order valence-corrected chi connectivity index (χ2v) is 6.24. The van der Waals surface area contributed by atoms with Crippen LogP contribution in [0.3, 0.4) is 0 Å². The Morgan fingerprint density at radius 1 is 1.09 bits per heavy atom. The number of carbonyl (C=O) groups excluding carboxylic acids is 1. The molecule has 0 unspecified atom stereocenters. The number of nitrogens with zero attached hydrogens (tertiary/aromatic N) is 2. The first kappa shape index (κ1) is 16.0. The van der Waals surface area contributed by atoms with Gasteiger partial charge in [-0.15, -0.1) is 0 Å². The average Bonchev–Trinajstić information content (AvgIpc) is 3.07. The molecule has 1 N–H and O–H groups in total. The minimum atomic E-state index is -0.143. The minimum Gasteiger partial charge on any atom is -0.348 e. The van der Waals surface area contributed by atoms with E-state index in [0.29, 0.717) is 17.3 Å². The maximum Gasteiger partial charge on any atom is 0.253 e. The maximum atomic E-state index is 12.0. The lowest BCUT2D eigenvalue weighted by atomic mass is 10.1. The van der Waals surface area contributed by atoms with Crippen molar-refractivity contribution in [2.24, 2.45) is 0 Å². The topological polar surface area (TPSA) is 45.2 Å². The standard InChI is InChI=1S/C18H20ClN3O/c19-17-8-7-16(12-20-17)18(23)21-11-14-3-5-15(6-4-14)13-22-9-1-2-10-22/h3-8,12H,1-2,9-11,13H2,(H,21,23). The molecule has 0 bridgehead atoms. The molecule has 0 spiro atoms. The third-order valence-corrected chi connectivity index (χ3v) is 4.29. The van der Waals surface area contributed by atoms with Crippen LogP contribution in [0, 0.1) is 0 Å². The first-order valence-corrected chi connectivity index (χ1v) is 8.28. The van der Waals surface area contributed by atoms with E-state index in [1.807, 2.05) is 0 Å². The second-order valence-electron chi connectivity index (χ2n) is 5.85. The van der Waals surface area contributed by atoms with Gasteiger partial charge in [0.25, 0.3) is 5.91 Å². The third kappa shape index (κ3) is 4.53. The van der Waals surface area contributed by atoms with Gasteiger partial charge < -0.3 is 5.32 Å². The molecule has 0 radical (unpaired) electrons. The Morgan fingerprint density at radius 2 is 1.78 bits per heavy atom. The van der Waals surface area contributed by atoms with Gasteiger partial charge >= 0.3 is 0 Å². The zero-order valence-electron chi connectivity index (χ0n) is 13.0. The van der Waals surface area contributed by atoms with Gasteiger partial charge in [-0.2, -0.15) is 0 Å². The summed E-state index contributed by atoms with van der Waals surface area (Å²) >= 11 is 5.72. The molecule has 1 aliphatic heterocycles. The summed E-state index contributed by atoms with van der Waals surface area (Å²) in [4.78, 5) is 18.4. The predicted molar refractivity (Wildman–Crippen MR) is 91.4 cm³/mol. The third-order valence-electron chi connectivity index (χ3n) is 4.07. The molecule has 5 heteroatoms. The Labute approximate surface area is 141 Å². The van der Waals surface area contributed by atoms with Crippen LogP contribution in [0.5, 0.6) is 0 Å². The number of likely N-dealkylation sites (tertiary alicyclic amines) is 1. The van der Waals surface area contributed by atoms with E-state index in [0.717, 1.165) is 12.1 Å². The second kappa shape index (κ2) is 7.57. The number of pyridine rings is 1. The van der Waals surface area contributed by atoms with Crippen LogP contribution in [-0.2, 0) is 13.1 Å². The molecule has 1 aromatic carbocycles. The zero-order valence-corrected chi connectivity index (χ0v) is 13.7. The number of hydrogen-bond donors (Lipinski definition) is 1. The van der Waals surface area contributed by atoms with Gasteiger partial charge in [0.1, 0.15) is 5.15 Å². The summed E-state index contributed by atoms with van der Waals surface area (Å²) in [6.07, 6.45) is 4.10. The van der Waals surface area contributed by atoms with Crippen molar-refractivity contribution in [3.05, 3.63) is 64.4 Å². The number of aromatic nitrogens is 1. The molecule has 2 heterocycles. The van der Waals surface area contributed by atoms with Crippen molar-refractivity contribution in [2.45, 2.75) is 25.9 Å². The van der Waals surface area contributed by atoms with Gasteiger partial charge in [0.2, 0.25) is 0 Å². The van der Waals surface area contributed by atoms with Gasteiger partial charge in [0.05, 0.1) is 5.56 Å². The van der Waals surface area contributed by atoms with E-state index in [2.05, 4.69) is 39.5 Å². The molecule has 1 fully saturated rings. The number of halogens is 1. The highest BCUT2D eigenvalue weighted by molar-refractivity contribution is 6.29. The molecule has 120 valence electrons. The lowest BCUT2D eigenvalue weighted by Gasteiger charge is -2.14. The molecule has 23 heavy (non-hydrogen) atoms. The number of benzene rings is 1. The fourth-order valence-corrected chi connectivity index (χ4v) is 2.87. The molecule has 1 amide bonds. The van der Waals surface area contributed by atoms with Crippen molar-refractivity contribution in [3.8, 4) is 0 Å². The van der Waals surface area contributed by atoms with E-state index in [1.54, 1.807) is 12.1 Å². The SMILES string of the molecule is O=C(NCc1ccc(CN2CCCC2)cc1)c1ccc(Cl)nc1. The van der Waals surface area contributed by atoms with Gasteiger partial charge in [-0.05, 0) is 49.2 Å². The van der Waals surface area contributed by atoms with E-state index < -0.39 is 0 Å². The number of amides is 1. The van der Waals surface area contributed by atoms with Gasteiger partial charge in [0.15, 0.2) is 0 Å². The summed E-state index contributed by atoms with van der Waals surface area (Å²) in [5, 5.41) is 3.28. The van der Waals surface area contributed by atoms with E-state index in [-0.39, 0.29) is 5.91 Å². The first-order chi connectivity index (χ1) is 11.2. The van der Waals surface area contributed by atoms with Crippen LogP contribution in [0.25, 0.3) is 0 Å². The van der Waals surface area contributed by atoms with Crippen LogP contribution in [0.15, 0.2) is 42.6 Å². The van der Waals surface area contributed by atoms with Crippen molar-refractivity contribution in [3.63, 3.8) is 0 Å². The molecule has 3 rings (SSSR count). The lowest BCUT2D eigenvalue weighted by molar-refractivity contribution is 0.0950. The van der Waals surface area contributed by atoms with Gasteiger partial charge in [-0.25, -0.2) is 4.98 Å². The summed E-state index contributed by atoms with van der Waals surface area (Å²) < 4.78 is 0. The molecular weight excluding hydrogens is 310 g/mol. The van der Waals surface area contributed by atoms with Crippen LogP contribution in [-0.4, -0.2) is 28.9 Å². The Morgan fingerprint density at radius 3 is 2.43 bits per heavy atom. The largest absolute Gasteiger partial charge is 0.348 e. The maximum absolute atomic E-state index is 12.0. The number of carbonyl (C=O) groups is 1. The van der Waals surface area contributed by atoms with Crippen molar-refractivity contribution in [2.75, 3.05) is 13.1 Å². The Balaban J connectivity index is 1.51. The summed E-state index contributed by atoms with van der Waals surface area (Å²) in [6.45, 7) is 3.93. The fraction of sp³-hybridized carbons (Fsp3) is 0.333. The highest BCUT2D eigenvalue weighted by atomic mass is 35.5. The van der Waals surface area contributed by atoms with Crippen LogP contribution < -0.4 is 5.32 Å². The molecule has 0 saturated carbocycles. The van der Waals surface area contributed by atoms with Gasteiger partial charge in [-0.3, -0.25) is 9.69 Å². The summed E-state index contributed by atoms with van der Waals surface area (Å²) in [5.41, 5.74) is 2.93. The molecule has 1 saturated heterocycles. The van der Waals surface area contributed by atoms with Crippen LogP contribution in [0.4, 0.5) is 0 Å². The minimum absolute atomic E-state index is 0.143. The van der Waals surface area contributed by atoms with Crippen LogP contribution in [0.2, 0.25) is 5.15 Å². The smallest absolute Gasteiger partial charge is 0.253 e. The van der Waals surface area contributed by atoms with Crippen LogP contribution >= 0.6 is 11.6 Å². The highest BCUT2D eigenvalue weighted by Crippen LogP contribution is 2.13. The van der Waals surface area contributed by atoms with E-state index in [9.17, 15) is 4.79 Å². The number of nitrogens with one attached hydrogen (secondary N) is 1. The Hall–Kier alpha value is -1.91. The fourth-order valence-electron chi connectivity index (χ4n) is 2.76.